The zero-order valence-electron chi connectivity index (χ0n) is 9.53. The number of hydrogen-bond acceptors (Lipinski definition) is 3. The normalized spacial score (nSPS) is 10.6. The molecule has 0 aliphatic rings. The zero-order chi connectivity index (χ0) is 11.9. The summed E-state index contributed by atoms with van der Waals surface area (Å²) in [6, 6.07) is 8.13. The summed E-state index contributed by atoms with van der Waals surface area (Å²) in [7, 11) is 0. The van der Waals surface area contributed by atoms with E-state index in [2.05, 4.69) is 22.4 Å². The molecule has 0 aliphatic heterocycles. The van der Waals surface area contributed by atoms with Crippen molar-refractivity contribution >= 4 is 22.9 Å². The molecule has 0 saturated heterocycles. The highest BCUT2D eigenvalue weighted by atomic mass is 35.5. The van der Waals surface area contributed by atoms with Gasteiger partial charge in [0.2, 0.25) is 0 Å². The molecule has 0 bridgehead atoms. The average Bonchev–Trinajstić information content (AvgIpc) is 2.76. The molecule has 0 radical (unpaired) electrons. The van der Waals surface area contributed by atoms with Gasteiger partial charge in [0, 0.05) is 17.3 Å². The molecule has 0 amide bonds. The van der Waals surface area contributed by atoms with Crippen LogP contribution in [0.5, 0.6) is 0 Å². The van der Waals surface area contributed by atoms with E-state index in [1.165, 1.54) is 10.4 Å². The summed E-state index contributed by atoms with van der Waals surface area (Å²) in [6.07, 6.45) is 5.79. The van der Waals surface area contributed by atoms with E-state index in [0.717, 1.165) is 30.3 Å². The first kappa shape index (κ1) is 12.6. The smallest absolute Gasteiger partial charge is 0.0931 e. The number of hydrogen-bond donors (Lipinski definition) is 1. The lowest BCUT2D eigenvalue weighted by Gasteiger charge is -2.03. The molecular weight excluding hydrogens is 252 g/mol. The van der Waals surface area contributed by atoms with Gasteiger partial charge in [-0.2, -0.15) is 0 Å². The van der Waals surface area contributed by atoms with Crippen molar-refractivity contribution in [1.82, 2.24) is 10.3 Å². The molecule has 0 atom stereocenters. The molecule has 90 valence electrons. The number of halogens is 1. The maximum Gasteiger partial charge on any atom is 0.0931 e. The molecule has 0 spiro atoms. The molecule has 4 heteroatoms. The Hall–Kier alpha value is -0.900. The predicted octanol–water partition coefficient (Wildman–Crippen LogP) is 3.17. The van der Waals surface area contributed by atoms with Gasteiger partial charge in [-0.25, -0.2) is 0 Å². The van der Waals surface area contributed by atoms with Crippen LogP contribution in [0.15, 0.2) is 36.7 Å². The van der Waals surface area contributed by atoms with Gasteiger partial charge in [0.25, 0.3) is 0 Å². The highest BCUT2D eigenvalue weighted by Gasteiger charge is 1.97. The van der Waals surface area contributed by atoms with Crippen LogP contribution in [-0.4, -0.2) is 18.1 Å². The van der Waals surface area contributed by atoms with Gasteiger partial charge in [-0.15, -0.1) is 11.3 Å². The third-order valence-electron chi connectivity index (χ3n) is 2.49. The molecule has 0 unspecified atom stereocenters. The van der Waals surface area contributed by atoms with E-state index in [9.17, 15) is 0 Å². The fraction of sp³-hybridized carbons (Fsp3) is 0.308. The Bertz CT molecular complexity index is 442. The number of nitrogens with one attached hydrogen (secondary N) is 1. The second kappa shape index (κ2) is 6.74. The monoisotopic (exact) mass is 266 g/mol. The van der Waals surface area contributed by atoms with Crippen molar-refractivity contribution < 1.29 is 0 Å². The largest absolute Gasteiger partial charge is 0.316 e. The first-order valence-corrected chi connectivity index (χ1v) is 6.88. The zero-order valence-corrected chi connectivity index (χ0v) is 11.1. The van der Waals surface area contributed by atoms with Gasteiger partial charge < -0.3 is 5.32 Å². The van der Waals surface area contributed by atoms with Gasteiger partial charge in [0.15, 0.2) is 0 Å². The van der Waals surface area contributed by atoms with Gasteiger partial charge in [-0.3, -0.25) is 4.98 Å². The van der Waals surface area contributed by atoms with E-state index in [-0.39, 0.29) is 0 Å². The topological polar surface area (TPSA) is 24.9 Å². The van der Waals surface area contributed by atoms with Gasteiger partial charge in [-0.1, -0.05) is 17.7 Å². The Morgan fingerprint density at radius 2 is 2.06 bits per heavy atom. The first-order valence-electron chi connectivity index (χ1n) is 5.68. The van der Waals surface area contributed by atoms with E-state index >= 15 is 0 Å². The lowest BCUT2D eigenvalue weighted by Crippen LogP contribution is -2.19. The summed E-state index contributed by atoms with van der Waals surface area (Å²) in [4.78, 5) is 5.43. The number of thiophene rings is 1. The van der Waals surface area contributed by atoms with Crippen LogP contribution in [0.25, 0.3) is 0 Å². The van der Waals surface area contributed by atoms with Crippen molar-refractivity contribution in [2.75, 3.05) is 13.1 Å². The number of aromatic nitrogens is 1. The van der Waals surface area contributed by atoms with E-state index in [1.807, 2.05) is 18.3 Å². The Balaban J connectivity index is 1.61. The number of rotatable bonds is 6. The Kier molecular flexibility index (Phi) is 4.98. The highest BCUT2D eigenvalue weighted by Crippen LogP contribution is 2.21. The molecule has 2 aromatic rings. The van der Waals surface area contributed by atoms with Crippen molar-refractivity contribution in [2.24, 2.45) is 0 Å². The van der Waals surface area contributed by atoms with Gasteiger partial charge in [0.1, 0.15) is 0 Å². The Morgan fingerprint density at radius 3 is 2.76 bits per heavy atom. The van der Waals surface area contributed by atoms with E-state index < -0.39 is 0 Å². The average molecular weight is 267 g/mol. The summed E-state index contributed by atoms with van der Waals surface area (Å²) in [6.45, 7) is 1.99. The third-order valence-corrected chi connectivity index (χ3v) is 3.78. The molecule has 0 fully saturated rings. The third kappa shape index (κ3) is 4.46. The maximum absolute atomic E-state index is 5.87. The van der Waals surface area contributed by atoms with Crippen molar-refractivity contribution in [1.29, 1.82) is 0 Å². The predicted molar refractivity (Wildman–Crippen MR) is 73.8 cm³/mol. The minimum absolute atomic E-state index is 0.871. The molecule has 0 aliphatic carbocycles. The van der Waals surface area contributed by atoms with Crippen LogP contribution < -0.4 is 5.32 Å². The SMILES string of the molecule is Clc1ccc(CCNCCc2cccnc2)s1. The first-order chi connectivity index (χ1) is 8.34. The second-order valence-corrected chi connectivity index (χ2v) is 5.62. The molecule has 17 heavy (non-hydrogen) atoms. The van der Waals surface area contributed by atoms with E-state index in [0.29, 0.717) is 0 Å². The van der Waals surface area contributed by atoms with E-state index in [4.69, 9.17) is 11.6 Å². The fourth-order valence-electron chi connectivity index (χ4n) is 1.60. The van der Waals surface area contributed by atoms with Crippen LogP contribution in [0.2, 0.25) is 4.34 Å². The van der Waals surface area contributed by atoms with E-state index in [1.54, 1.807) is 17.5 Å². The highest BCUT2D eigenvalue weighted by molar-refractivity contribution is 7.16. The molecule has 0 aromatic carbocycles. The minimum atomic E-state index is 0.871. The van der Waals surface area contributed by atoms with Crippen LogP contribution in [0.1, 0.15) is 10.4 Å². The van der Waals surface area contributed by atoms with Crippen molar-refractivity contribution in [3.8, 4) is 0 Å². The van der Waals surface area contributed by atoms with Gasteiger partial charge in [0.05, 0.1) is 4.34 Å². The van der Waals surface area contributed by atoms with Crippen molar-refractivity contribution in [3.05, 3.63) is 51.4 Å². The lowest BCUT2D eigenvalue weighted by molar-refractivity contribution is 0.684. The van der Waals surface area contributed by atoms with Crippen LogP contribution in [-0.2, 0) is 12.8 Å². The quantitative estimate of drug-likeness (QED) is 0.813. The summed E-state index contributed by atoms with van der Waals surface area (Å²) >= 11 is 7.53. The molecule has 1 N–H and O–H groups in total. The van der Waals surface area contributed by atoms with Crippen LogP contribution in [0.3, 0.4) is 0 Å². The second-order valence-electron chi connectivity index (χ2n) is 3.82. The van der Waals surface area contributed by atoms with Gasteiger partial charge in [-0.05, 0) is 49.7 Å². The summed E-state index contributed by atoms with van der Waals surface area (Å²) < 4.78 is 0.871. The molecular formula is C13H15ClN2S. The molecule has 2 rings (SSSR count). The summed E-state index contributed by atoms with van der Waals surface area (Å²) in [5, 5.41) is 3.43. The minimum Gasteiger partial charge on any atom is -0.316 e. The summed E-state index contributed by atoms with van der Waals surface area (Å²) in [5.41, 5.74) is 1.28. The maximum atomic E-state index is 5.87. The lowest BCUT2D eigenvalue weighted by atomic mass is 10.2. The molecule has 2 nitrogen and oxygen atoms in total. The number of pyridine rings is 1. The molecule has 0 saturated carbocycles. The molecule has 2 aromatic heterocycles. The Morgan fingerprint density at radius 1 is 1.18 bits per heavy atom. The van der Waals surface area contributed by atoms with Crippen LogP contribution in [0, 0.1) is 0 Å². The van der Waals surface area contributed by atoms with Gasteiger partial charge >= 0.3 is 0 Å². The van der Waals surface area contributed by atoms with Crippen molar-refractivity contribution in [2.45, 2.75) is 12.8 Å². The number of nitrogens with zero attached hydrogens (tertiary/aromatic N) is 1. The van der Waals surface area contributed by atoms with Crippen LogP contribution in [0.4, 0.5) is 0 Å². The summed E-state index contributed by atoms with van der Waals surface area (Å²) in [5.74, 6) is 0. The van der Waals surface area contributed by atoms with Crippen LogP contribution >= 0.6 is 22.9 Å². The molecule has 2 heterocycles. The standard InChI is InChI=1S/C13H15ClN2S/c14-13-4-3-12(17-13)6-9-15-8-5-11-2-1-7-16-10-11/h1-4,7,10,15H,5-6,8-9H2. The fourth-order valence-corrected chi connectivity index (χ4v) is 2.69. The Labute approximate surface area is 111 Å². The van der Waals surface area contributed by atoms with Crippen molar-refractivity contribution in [3.63, 3.8) is 0 Å².